The Kier molecular flexibility index (Phi) is 5.82. The highest BCUT2D eigenvalue weighted by molar-refractivity contribution is 5.91. The first-order valence-corrected chi connectivity index (χ1v) is 11.5. The molecule has 0 atom stereocenters. The van der Waals surface area contributed by atoms with Crippen LogP contribution in [0.25, 0.3) is 33.4 Å². The van der Waals surface area contributed by atoms with Crippen molar-refractivity contribution in [3.63, 3.8) is 0 Å². The molecule has 0 aliphatic carbocycles. The minimum absolute atomic E-state index is 0.157. The molecule has 32 heavy (non-hydrogen) atoms. The summed E-state index contributed by atoms with van der Waals surface area (Å²) < 4.78 is 0. The van der Waals surface area contributed by atoms with Gasteiger partial charge in [0.1, 0.15) is 0 Å². The van der Waals surface area contributed by atoms with Gasteiger partial charge in [-0.25, -0.2) is 0 Å². The summed E-state index contributed by atoms with van der Waals surface area (Å²) in [5, 5.41) is 0. The van der Waals surface area contributed by atoms with Gasteiger partial charge in [0.25, 0.3) is 0 Å². The number of benzene rings is 4. The maximum atomic E-state index is 2.27. The fourth-order valence-corrected chi connectivity index (χ4v) is 4.24. The first-order valence-electron chi connectivity index (χ1n) is 11.5. The van der Waals surface area contributed by atoms with E-state index in [4.69, 9.17) is 0 Å². The van der Waals surface area contributed by atoms with Crippen LogP contribution in [0.5, 0.6) is 0 Å². The van der Waals surface area contributed by atoms with Gasteiger partial charge in [0.2, 0.25) is 0 Å². The van der Waals surface area contributed by atoms with Gasteiger partial charge in [-0.15, -0.1) is 0 Å². The molecule has 0 N–H and O–H groups in total. The average molecular weight is 419 g/mol. The zero-order chi connectivity index (χ0) is 22.9. The molecule has 4 rings (SSSR count). The molecule has 0 bridgehead atoms. The van der Waals surface area contributed by atoms with Gasteiger partial charge in [0, 0.05) is 0 Å². The van der Waals surface area contributed by atoms with Crippen LogP contribution in [0.15, 0.2) is 97.1 Å². The second-order valence-electron chi connectivity index (χ2n) is 10.7. The molecule has 0 aromatic heterocycles. The Bertz CT molecular complexity index is 1100. The lowest BCUT2D eigenvalue weighted by molar-refractivity contribution is 0.590. The summed E-state index contributed by atoms with van der Waals surface area (Å²) in [6, 6.07) is 35.6. The highest BCUT2D eigenvalue weighted by atomic mass is 14.2. The van der Waals surface area contributed by atoms with Crippen molar-refractivity contribution < 1.29 is 0 Å². The Morgan fingerprint density at radius 1 is 0.344 bits per heavy atom. The molecular formula is C32H34. The normalized spacial score (nSPS) is 12.1. The van der Waals surface area contributed by atoms with Crippen molar-refractivity contribution in [1.82, 2.24) is 0 Å². The highest BCUT2D eigenvalue weighted by Gasteiger charge is 2.16. The summed E-state index contributed by atoms with van der Waals surface area (Å²) in [6.45, 7) is 13.6. The SMILES string of the molecule is CC(C)(C)c1ccc(-c2ccccc2-c2ccccc2-c2ccc(C(C)(C)C)cc2)cc1. The molecule has 4 aromatic carbocycles. The summed E-state index contributed by atoms with van der Waals surface area (Å²) in [6.07, 6.45) is 0. The van der Waals surface area contributed by atoms with Gasteiger partial charge in [-0.05, 0) is 55.3 Å². The maximum absolute atomic E-state index is 2.27. The van der Waals surface area contributed by atoms with Crippen molar-refractivity contribution in [2.45, 2.75) is 52.4 Å². The number of rotatable bonds is 3. The minimum atomic E-state index is 0.157. The van der Waals surface area contributed by atoms with Gasteiger partial charge >= 0.3 is 0 Å². The number of hydrogen-bond acceptors (Lipinski definition) is 0. The largest absolute Gasteiger partial charge is 0.0616 e. The van der Waals surface area contributed by atoms with Gasteiger partial charge in [0.05, 0.1) is 0 Å². The number of hydrogen-bond donors (Lipinski definition) is 0. The molecule has 0 aliphatic heterocycles. The molecule has 0 amide bonds. The smallest absolute Gasteiger partial charge is 0.00992 e. The van der Waals surface area contributed by atoms with Gasteiger partial charge in [-0.2, -0.15) is 0 Å². The van der Waals surface area contributed by atoms with Crippen molar-refractivity contribution >= 4 is 0 Å². The monoisotopic (exact) mass is 418 g/mol. The van der Waals surface area contributed by atoms with Crippen molar-refractivity contribution in [3.8, 4) is 33.4 Å². The maximum Gasteiger partial charge on any atom is -0.00992 e. The van der Waals surface area contributed by atoms with E-state index in [1.165, 1.54) is 44.5 Å². The van der Waals surface area contributed by atoms with E-state index >= 15 is 0 Å². The predicted molar refractivity (Wildman–Crippen MR) is 140 cm³/mol. The topological polar surface area (TPSA) is 0 Å². The van der Waals surface area contributed by atoms with E-state index in [0.717, 1.165) is 0 Å². The Labute approximate surface area is 194 Å². The van der Waals surface area contributed by atoms with Crippen LogP contribution in [-0.2, 0) is 10.8 Å². The molecular weight excluding hydrogens is 384 g/mol. The zero-order valence-corrected chi connectivity index (χ0v) is 20.2. The fraction of sp³-hybridized carbons (Fsp3) is 0.250. The summed E-state index contributed by atoms with van der Waals surface area (Å²) in [5.74, 6) is 0. The third kappa shape index (κ3) is 4.55. The lowest BCUT2D eigenvalue weighted by Crippen LogP contribution is -2.10. The van der Waals surface area contributed by atoms with Crippen LogP contribution in [0.2, 0.25) is 0 Å². The van der Waals surface area contributed by atoms with Crippen LogP contribution in [0, 0.1) is 0 Å². The molecule has 4 aromatic rings. The molecule has 0 nitrogen and oxygen atoms in total. The van der Waals surface area contributed by atoms with Crippen molar-refractivity contribution in [3.05, 3.63) is 108 Å². The Morgan fingerprint density at radius 3 is 0.906 bits per heavy atom. The molecule has 0 heteroatoms. The van der Waals surface area contributed by atoms with E-state index < -0.39 is 0 Å². The van der Waals surface area contributed by atoms with Crippen molar-refractivity contribution in [1.29, 1.82) is 0 Å². The van der Waals surface area contributed by atoms with E-state index in [2.05, 4.69) is 139 Å². The van der Waals surface area contributed by atoms with Crippen LogP contribution in [0.1, 0.15) is 52.7 Å². The molecule has 0 saturated heterocycles. The molecule has 0 spiro atoms. The summed E-state index contributed by atoms with van der Waals surface area (Å²) >= 11 is 0. The fourth-order valence-electron chi connectivity index (χ4n) is 4.24. The van der Waals surface area contributed by atoms with Crippen LogP contribution in [0.4, 0.5) is 0 Å². The first-order chi connectivity index (χ1) is 15.1. The minimum Gasteiger partial charge on any atom is -0.0616 e. The lowest BCUT2D eigenvalue weighted by Gasteiger charge is -2.20. The zero-order valence-electron chi connectivity index (χ0n) is 20.2. The van der Waals surface area contributed by atoms with Crippen molar-refractivity contribution in [2.75, 3.05) is 0 Å². The first kappa shape index (κ1) is 22.1. The van der Waals surface area contributed by atoms with E-state index in [9.17, 15) is 0 Å². The molecule has 0 radical (unpaired) electrons. The van der Waals surface area contributed by atoms with Crippen molar-refractivity contribution in [2.24, 2.45) is 0 Å². The molecule has 0 aliphatic rings. The summed E-state index contributed by atoms with van der Waals surface area (Å²) in [4.78, 5) is 0. The average Bonchev–Trinajstić information content (AvgIpc) is 2.78. The van der Waals surface area contributed by atoms with Gasteiger partial charge in [-0.3, -0.25) is 0 Å². The Balaban J connectivity index is 1.80. The van der Waals surface area contributed by atoms with E-state index in [-0.39, 0.29) is 10.8 Å². The Hall–Kier alpha value is -3.12. The Morgan fingerprint density at radius 2 is 0.625 bits per heavy atom. The summed E-state index contributed by atoms with van der Waals surface area (Å²) in [7, 11) is 0. The molecule has 162 valence electrons. The molecule has 0 saturated carbocycles. The van der Waals surface area contributed by atoms with Crippen LogP contribution >= 0.6 is 0 Å². The quantitative estimate of drug-likeness (QED) is 0.311. The van der Waals surface area contributed by atoms with Crippen LogP contribution in [0.3, 0.4) is 0 Å². The van der Waals surface area contributed by atoms with Crippen LogP contribution in [-0.4, -0.2) is 0 Å². The molecule has 0 heterocycles. The molecule has 0 unspecified atom stereocenters. The van der Waals surface area contributed by atoms with Gasteiger partial charge < -0.3 is 0 Å². The van der Waals surface area contributed by atoms with Crippen LogP contribution < -0.4 is 0 Å². The second-order valence-corrected chi connectivity index (χ2v) is 10.7. The predicted octanol–water partition coefficient (Wildman–Crippen LogP) is 9.28. The van der Waals surface area contributed by atoms with Gasteiger partial charge in [-0.1, -0.05) is 139 Å². The standard InChI is InChI=1S/C32H34/c1-31(2,3)25-19-15-23(16-20-25)27-11-7-9-13-29(27)30-14-10-8-12-28(30)24-17-21-26(22-18-24)32(4,5)6/h7-22H,1-6H3. The van der Waals surface area contributed by atoms with E-state index in [1.54, 1.807) is 0 Å². The van der Waals surface area contributed by atoms with Gasteiger partial charge in [0.15, 0.2) is 0 Å². The van der Waals surface area contributed by atoms with E-state index in [0.29, 0.717) is 0 Å². The lowest BCUT2D eigenvalue weighted by atomic mass is 9.84. The third-order valence-corrected chi connectivity index (χ3v) is 6.27. The molecule has 0 fully saturated rings. The highest BCUT2D eigenvalue weighted by Crippen LogP contribution is 2.39. The second kappa shape index (κ2) is 8.43. The summed E-state index contributed by atoms with van der Waals surface area (Å²) in [5.41, 5.74) is 10.6. The third-order valence-electron chi connectivity index (χ3n) is 6.27. The van der Waals surface area contributed by atoms with E-state index in [1.807, 2.05) is 0 Å².